The Morgan fingerprint density at radius 3 is 2.52 bits per heavy atom. The van der Waals surface area contributed by atoms with E-state index in [1.54, 1.807) is 11.0 Å². The fraction of sp³-hybridized carbons (Fsp3) is 0.579. The van der Waals surface area contributed by atoms with Gasteiger partial charge in [-0.15, -0.1) is 13.2 Å². The van der Waals surface area contributed by atoms with Gasteiger partial charge in [-0.2, -0.15) is 0 Å². The van der Waals surface area contributed by atoms with Crippen molar-refractivity contribution in [1.82, 2.24) is 9.80 Å². The van der Waals surface area contributed by atoms with Crippen molar-refractivity contribution in [1.29, 1.82) is 0 Å². The molecule has 1 aromatic carbocycles. The third-order valence-corrected chi connectivity index (χ3v) is 4.87. The van der Waals surface area contributed by atoms with Crippen LogP contribution in [0.15, 0.2) is 24.3 Å². The van der Waals surface area contributed by atoms with E-state index in [4.69, 9.17) is 0 Å². The lowest BCUT2D eigenvalue weighted by Gasteiger charge is -2.27. The molecule has 1 heterocycles. The molecule has 2 rings (SSSR count). The minimum Gasteiger partial charge on any atom is -0.405 e. The zero-order valence-corrected chi connectivity index (χ0v) is 15.8. The summed E-state index contributed by atoms with van der Waals surface area (Å²) in [6.07, 6.45) is -3.02. The van der Waals surface area contributed by atoms with Crippen LogP contribution in [0.3, 0.4) is 0 Å². The van der Waals surface area contributed by atoms with Crippen molar-refractivity contribution >= 4 is 11.8 Å². The van der Waals surface area contributed by atoms with Gasteiger partial charge in [-0.05, 0) is 18.9 Å². The average Bonchev–Trinajstić information content (AvgIpc) is 2.97. The summed E-state index contributed by atoms with van der Waals surface area (Å²) in [5.74, 6) is -1.10. The highest BCUT2D eigenvalue weighted by molar-refractivity contribution is 5.89. The summed E-state index contributed by atoms with van der Waals surface area (Å²) in [6.45, 7) is 4.33. The van der Waals surface area contributed by atoms with Crippen molar-refractivity contribution in [3.8, 4) is 5.75 Å². The maximum atomic E-state index is 12.7. The van der Waals surface area contributed by atoms with Gasteiger partial charge in [0, 0.05) is 38.2 Å². The number of hydrogen-bond acceptors (Lipinski definition) is 3. The molecule has 5 nitrogen and oxygen atoms in total. The Morgan fingerprint density at radius 2 is 1.93 bits per heavy atom. The van der Waals surface area contributed by atoms with Crippen LogP contribution in [-0.4, -0.2) is 47.6 Å². The van der Waals surface area contributed by atoms with Crippen LogP contribution in [0.2, 0.25) is 0 Å². The molecule has 2 amide bonds. The minimum atomic E-state index is -4.80. The van der Waals surface area contributed by atoms with Crippen LogP contribution < -0.4 is 4.74 Å². The number of alkyl halides is 3. The van der Waals surface area contributed by atoms with E-state index < -0.39 is 12.3 Å². The first-order valence-electron chi connectivity index (χ1n) is 9.04. The van der Waals surface area contributed by atoms with Crippen LogP contribution in [0.5, 0.6) is 5.75 Å². The summed E-state index contributed by atoms with van der Waals surface area (Å²) < 4.78 is 41.7. The Hall–Kier alpha value is -2.25. The number of ether oxygens (including phenoxy) is 1. The Labute approximate surface area is 157 Å². The van der Waals surface area contributed by atoms with Crippen LogP contribution in [0.4, 0.5) is 13.2 Å². The van der Waals surface area contributed by atoms with Gasteiger partial charge in [0.2, 0.25) is 11.8 Å². The molecular formula is C19H25F3N2O3. The molecule has 8 heteroatoms. The van der Waals surface area contributed by atoms with Gasteiger partial charge in [-0.3, -0.25) is 9.59 Å². The summed E-state index contributed by atoms with van der Waals surface area (Å²) in [7, 11) is 1.52. The first-order valence-corrected chi connectivity index (χ1v) is 9.04. The van der Waals surface area contributed by atoms with Gasteiger partial charge in [0.25, 0.3) is 0 Å². The Kier molecular flexibility index (Phi) is 6.73. The molecule has 1 aromatic rings. The molecule has 150 valence electrons. The van der Waals surface area contributed by atoms with E-state index in [-0.39, 0.29) is 42.1 Å². The molecular weight excluding hydrogens is 361 g/mol. The van der Waals surface area contributed by atoms with Crippen LogP contribution in [0.1, 0.15) is 38.7 Å². The molecule has 0 saturated carbocycles. The SMILES string of the molecule is CCC(CC)N1CC(C(=O)N(C)Cc2ccccc2OC(F)(F)F)CC1=O. The summed E-state index contributed by atoms with van der Waals surface area (Å²) in [5.41, 5.74) is 0.256. The summed E-state index contributed by atoms with van der Waals surface area (Å²) in [4.78, 5) is 28.1. The molecule has 1 unspecified atom stereocenters. The van der Waals surface area contributed by atoms with Crippen molar-refractivity contribution in [2.24, 2.45) is 5.92 Å². The lowest BCUT2D eigenvalue weighted by atomic mass is 10.1. The predicted octanol–water partition coefficient (Wildman–Crippen LogP) is 3.58. The van der Waals surface area contributed by atoms with Crippen molar-refractivity contribution in [3.63, 3.8) is 0 Å². The van der Waals surface area contributed by atoms with E-state index in [1.165, 1.54) is 30.1 Å². The van der Waals surface area contributed by atoms with Gasteiger partial charge in [-0.25, -0.2) is 0 Å². The molecule has 1 aliphatic heterocycles. The predicted molar refractivity (Wildman–Crippen MR) is 93.8 cm³/mol. The summed E-state index contributed by atoms with van der Waals surface area (Å²) in [5, 5.41) is 0. The molecule has 0 aliphatic carbocycles. The number of para-hydroxylation sites is 1. The number of halogens is 3. The lowest BCUT2D eigenvalue weighted by Crippen LogP contribution is -2.38. The lowest BCUT2D eigenvalue weighted by molar-refractivity contribution is -0.275. The molecule has 0 spiro atoms. The van der Waals surface area contributed by atoms with Crippen molar-refractivity contribution in [2.75, 3.05) is 13.6 Å². The Morgan fingerprint density at radius 1 is 1.30 bits per heavy atom. The smallest absolute Gasteiger partial charge is 0.405 e. The Bertz CT molecular complexity index is 674. The second-order valence-corrected chi connectivity index (χ2v) is 6.77. The van der Waals surface area contributed by atoms with E-state index >= 15 is 0 Å². The minimum absolute atomic E-state index is 0.0270. The largest absolute Gasteiger partial charge is 0.573 e. The second-order valence-electron chi connectivity index (χ2n) is 6.77. The number of hydrogen-bond donors (Lipinski definition) is 0. The number of carbonyl (C=O) groups is 2. The monoisotopic (exact) mass is 386 g/mol. The molecule has 0 bridgehead atoms. The van der Waals surface area contributed by atoms with E-state index in [0.717, 1.165) is 12.8 Å². The highest BCUT2D eigenvalue weighted by Gasteiger charge is 2.38. The zero-order valence-electron chi connectivity index (χ0n) is 15.8. The molecule has 27 heavy (non-hydrogen) atoms. The molecule has 0 aromatic heterocycles. The molecule has 0 radical (unpaired) electrons. The molecule has 1 fully saturated rings. The van der Waals surface area contributed by atoms with Gasteiger partial charge < -0.3 is 14.5 Å². The maximum absolute atomic E-state index is 12.7. The van der Waals surface area contributed by atoms with E-state index in [1.807, 2.05) is 13.8 Å². The molecule has 1 aliphatic rings. The van der Waals surface area contributed by atoms with Crippen LogP contribution >= 0.6 is 0 Å². The molecule has 1 saturated heterocycles. The fourth-order valence-electron chi connectivity index (χ4n) is 3.48. The van der Waals surface area contributed by atoms with E-state index in [2.05, 4.69) is 4.74 Å². The van der Waals surface area contributed by atoms with Gasteiger partial charge in [-0.1, -0.05) is 32.0 Å². The summed E-state index contributed by atoms with van der Waals surface area (Å²) in [6, 6.07) is 5.85. The number of amides is 2. The number of nitrogens with zero attached hydrogens (tertiary/aromatic N) is 2. The van der Waals surface area contributed by atoms with Crippen LogP contribution in [-0.2, 0) is 16.1 Å². The van der Waals surface area contributed by atoms with Crippen molar-refractivity contribution < 1.29 is 27.5 Å². The Balaban J connectivity index is 2.06. The van der Waals surface area contributed by atoms with Crippen molar-refractivity contribution in [3.05, 3.63) is 29.8 Å². The quantitative estimate of drug-likeness (QED) is 0.720. The van der Waals surface area contributed by atoms with Crippen LogP contribution in [0, 0.1) is 5.92 Å². The van der Waals surface area contributed by atoms with Gasteiger partial charge in [0.1, 0.15) is 5.75 Å². The number of rotatable bonds is 7. The highest BCUT2D eigenvalue weighted by Crippen LogP contribution is 2.28. The van der Waals surface area contributed by atoms with Crippen LogP contribution in [0.25, 0.3) is 0 Å². The first kappa shape index (κ1) is 21.1. The number of likely N-dealkylation sites (tertiary alicyclic amines) is 1. The summed E-state index contributed by atoms with van der Waals surface area (Å²) >= 11 is 0. The van der Waals surface area contributed by atoms with Gasteiger partial charge >= 0.3 is 6.36 Å². The fourth-order valence-corrected chi connectivity index (χ4v) is 3.48. The second kappa shape index (κ2) is 8.63. The third kappa shape index (κ3) is 5.37. The molecule has 1 atom stereocenters. The average molecular weight is 386 g/mol. The van der Waals surface area contributed by atoms with E-state index in [0.29, 0.717) is 6.54 Å². The van der Waals surface area contributed by atoms with Crippen molar-refractivity contribution in [2.45, 2.75) is 52.1 Å². The van der Waals surface area contributed by atoms with Gasteiger partial charge in [0.15, 0.2) is 0 Å². The normalized spacial score (nSPS) is 17.5. The number of carbonyl (C=O) groups excluding carboxylic acids is 2. The third-order valence-electron chi connectivity index (χ3n) is 4.87. The van der Waals surface area contributed by atoms with Gasteiger partial charge in [0.05, 0.1) is 5.92 Å². The zero-order chi connectivity index (χ0) is 20.2. The van der Waals surface area contributed by atoms with E-state index in [9.17, 15) is 22.8 Å². The highest BCUT2D eigenvalue weighted by atomic mass is 19.4. The number of benzene rings is 1. The molecule has 0 N–H and O–H groups in total. The standard InChI is InChI=1S/C19H25F3N2O3/c1-4-15(5-2)24-12-14(10-17(24)25)18(26)23(3)11-13-8-6-7-9-16(13)27-19(20,21)22/h6-9,14-15H,4-5,10-12H2,1-3H3. The maximum Gasteiger partial charge on any atom is 0.573 e. The first-order chi connectivity index (χ1) is 12.7. The topological polar surface area (TPSA) is 49.9 Å².